The van der Waals surface area contributed by atoms with Crippen molar-refractivity contribution in [1.29, 1.82) is 0 Å². The maximum absolute atomic E-state index is 12.1. The molecule has 0 spiro atoms. The first kappa shape index (κ1) is 14.0. The van der Waals surface area contributed by atoms with Crippen molar-refractivity contribution in [3.8, 4) is 0 Å². The SMILES string of the molecule is O=C(NC1CN(CC(F)(F)F)C1)c1cncc(Cl)n1. The van der Waals surface area contributed by atoms with E-state index in [-0.39, 0.29) is 30.0 Å². The van der Waals surface area contributed by atoms with Crippen molar-refractivity contribution in [2.24, 2.45) is 0 Å². The van der Waals surface area contributed by atoms with E-state index >= 15 is 0 Å². The standard InChI is InChI=1S/C10H10ClF3N4O/c11-8-2-15-1-7(17-8)9(19)16-6-3-18(4-6)5-10(12,13)14/h1-2,6H,3-5H2,(H,16,19). The van der Waals surface area contributed by atoms with Gasteiger partial charge in [0.05, 0.1) is 25.0 Å². The fourth-order valence-electron chi connectivity index (χ4n) is 1.75. The fraction of sp³-hybridized carbons (Fsp3) is 0.500. The van der Waals surface area contributed by atoms with Crippen molar-refractivity contribution in [3.05, 3.63) is 23.2 Å². The monoisotopic (exact) mass is 294 g/mol. The average Bonchev–Trinajstić information content (AvgIpc) is 2.24. The second-order valence-electron chi connectivity index (χ2n) is 4.21. The average molecular weight is 295 g/mol. The molecule has 1 fully saturated rings. The Hall–Kier alpha value is -1.41. The summed E-state index contributed by atoms with van der Waals surface area (Å²) in [5.41, 5.74) is 0.0433. The van der Waals surface area contributed by atoms with Gasteiger partial charge in [-0.1, -0.05) is 11.6 Å². The van der Waals surface area contributed by atoms with Gasteiger partial charge in [0.2, 0.25) is 0 Å². The molecule has 5 nitrogen and oxygen atoms in total. The van der Waals surface area contributed by atoms with Crippen LogP contribution in [0.1, 0.15) is 10.5 Å². The molecule has 0 atom stereocenters. The first-order valence-corrected chi connectivity index (χ1v) is 5.79. The van der Waals surface area contributed by atoms with Crippen molar-refractivity contribution < 1.29 is 18.0 Å². The maximum Gasteiger partial charge on any atom is 0.401 e. The smallest absolute Gasteiger partial charge is 0.345 e. The summed E-state index contributed by atoms with van der Waals surface area (Å²) in [6.45, 7) is -0.630. The van der Waals surface area contributed by atoms with Crippen molar-refractivity contribution in [2.45, 2.75) is 12.2 Å². The number of hydrogen-bond acceptors (Lipinski definition) is 4. The molecule has 1 aliphatic heterocycles. The normalized spacial score (nSPS) is 17.1. The summed E-state index contributed by atoms with van der Waals surface area (Å²) in [5.74, 6) is -0.494. The van der Waals surface area contributed by atoms with Crippen molar-refractivity contribution in [1.82, 2.24) is 20.2 Å². The third-order valence-electron chi connectivity index (χ3n) is 2.53. The van der Waals surface area contributed by atoms with Crippen LogP contribution in [0.4, 0.5) is 13.2 Å². The Morgan fingerprint density at radius 3 is 2.74 bits per heavy atom. The second-order valence-corrected chi connectivity index (χ2v) is 4.59. The lowest BCUT2D eigenvalue weighted by atomic mass is 10.1. The molecule has 1 saturated heterocycles. The molecule has 1 aliphatic rings. The summed E-state index contributed by atoms with van der Waals surface area (Å²) >= 11 is 5.58. The Labute approximate surface area is 111 Å². The van der Waals surface area contributed by atoms with E-state index in [9.17, 15) is 18.0 Å². The Kier molecular flexibility index (Phi) is 3.91. The van der Waals surface area contributed by atoms with E-state index in [2.05, 4.69) is 15.3 Å². The molecular weight excluding hydrogens is 285 g/mol. The number of aromatic nitrogens is 2. The van der Waals surface area contributed by atoms with Gasteiger partial charge in [-0.3, -0.25) is 14.7 Å². The van der Waals surface area contributed by atoms with Crippen LogP contribution in [-0.2, 0) is 0 Å². The number of likely N-dealkylation sites (tertiary alicyclic amines) is 1. The summed E-state index contributed by atoms with van der Waals surface area (Å²) in [6.07, 6.45) is -1.69. The molecular formula is C10H10ClF3N4O. The number of alkyl halides is 3. The van der Waals surface area contributed by atoms with Crippen LogP contribution in [0, 0.1) is 0 Å². The lowest BCUT2D eigenvalue weighted by molar-refractivity contribution is -0.155. The Morgan fingerprint density at radius 2 is 2.16 bits per heavy atom. The van der Waals surface area contributed by atoms with Crippen LogP contribution in [0.15, 0.2) is 12.4 Å². The number of hydrogen-bond donors (Lipinski definition) is 1. The van der Waals surface area contributed by atoms with Gasteiger partial charge >= 0.3 is 6.18 Å². The highest BCUT2D eigenvalue weighted by Gasteiger charge is 2.37. The number of carbonyl (C=O) groups is 1. The van der Waals surface area contributed by atoms with Crippen LogP contribution in [0.5, 0.6) is 0 Å². The minimum absolute atomic E-state index is 0.0433. The van der Waals surface area contributed by atoms with Gasteiger partial charge in [-0.15, -0.1) is 0 Å². The van der Waals surface area contributed by atoms with Crippen LogP contribution in [0.25, 0.3) is 0 Å². The van der Waals surface area contributed by atoms with Crippen molar-refractivity contribution in [3.63, 3.8) is 0 Å². The number of rotatable bonds is 3. The summed E-state index contributed by atoms with van der Waals surface area (Å²) in [7, 11) is 0. The molecule has 19 heavy (non-hydrogen) atoms. The van der Waals surface area contributed by atoms with E-state index in [1.807, 2.05) is 0 Å². The molecule has 0 unspecified atom stereocenters. The largest absolute Gasteiger partial charge is 0.401 e. The topological polar surface area (TPSA) is 58.1 Å². The van der Waals surface area contributed by atoms with Gasteiger partial charge in [0.15, 0.2) is 0 Å². The van der Waals surface area contributed by atoms with Crippen LogP contribution < -0.4 is 5.32 Å². The zero-order valence-electron chi connectivity index (χ0n) is 9.62. The highest BCUT2D eigenvalue weighted by atomic mass is 35.5. The van der Waals surface area contributed by atoms with E-state index in [1.165, 1.54) is 17.3 Å². The number of nitrogens with one attached hydrogen (secondary N) is 1. The minimum atomic E-state index is -4.21. The molecule has 1 aromatic rings. The fourth-order valence-corrected chi connectivity index (χ4v) is 1.90. The van der Waals surface area contributed by atoms with Gasteiger partial charge in [-0.05, 0) is 0 Å². The van der Waals surface area contributed by atoms with E-state index in [0.29, 0.717) is 0 Å². The Morgan fingerprint density at radius 1 is 1.47 bits per heavy atom. The van der Waals surface area contributed by atoms with Crippen LogP contribution in [0.2, 0.25) is 5.15 Å². The molecule has 1 N–H and O–H groups in total. The third kappa shape index (κ3) is 4.03. The highest BCUT2D eigenvalue weighted by Crippen LogP contribution is 2.20. The molecule has 2 heterocycles. The summed E-state index contributed by atoms with van der Waals surface area (Å²) < 4.78 is 36.2. The molecule has 104 valence electrons. The minimum Gasteiger partial charge on any atom is -0.345 e. The number of halogens is 4. The predicted octanol–water partition coefficient (Wildman–Crippen LogP) is 1.11. The summed E-state index contributed by atoms with van der Waals surface area (Å²) in [5, 5.41) is 2.65. The third-order valence-corrected chi connectivity index (χ3v) is 2.72. The summed E-state index contributed by atoms with van der Waals surface area (Å²) in [4.78, 5) is 20.3. The van der Waals surface area contributed by atoms with Crippen LogP contribution in [0.3, 0.4) is 0 Å². The zero-order valence-corrected chi connectivity index (χ0v) is 10.4. The van der Waals surface area contributed by atoms with E-state index < -0.39 is 18.6 Å². The lowest BCUT2D eigenvalue weighted by Gasteiger charge is -2.39. The number of carbonyl (C=O) groups excluding carboxylic acids is 1. The maximum atomic E-state index is 12.1. The number of amides is 1. The predicted molar refractivity (Wildman–Crippen MR) is 60.8 cm³/mol. The summed E-state index contributed by atoms with van der Waals surface area (Å²) in [6, 6.07) is -0.310. The van der Waals surface area contributed by atoms with E-state index in [1.54, 1.807) is 0 Å². The molecule has 9 heteroatoms. The molecule has 2 rings (SSSR count). The van der Waals surface area contributed by atoms with Crippen molar-refractivity contribution >= 4 is 17.5 Å². The Bertz CT molecular complexity index is 476. The van der Waals surface area contributed by atoms with Gasteiger partial charge in [0.25, 0.3) is 5.91 Å². The Balaban J connectivity index is 1.80. The molecule has 1 aromatic heterocycles. The molecule has 0 bridgehead atoms. The molecule has 0 aromatic carbocycles. The first-order chi connectivity index (χ1) is 8.83. The first-order valence-electron chi connectivity index (χ1n) is 5.41. The van der Waals surface area contributed by atoms with E-state index in [4.69, 9.17) is 11.6 Å². The molecule has 0 aliphatic carbocycles. The van der Waals surface area contributed by atoms with Crippen LogP contribution >= 0.6 is 11.6 Å². The van der Waals surface area contributed by atoms with Gasteiger partial charge in [0, 0.05) is 13.1 Å². The second kappa shape index (κ2) is 5.30. The molecule has 1 amide bonds. The van der Waals surface area contributed by atoms with E-state index in [0.717, 1.165) is 0 Å². The van der Waals surface area contributed by atoms with Gasteiger partial charge in [-0.2, -0.15) is 13.2 Å². The van der Waals surface area contributed by atoms with Crippen LogP contribution in [-0.4, -0.2) is 52.6 Å². The lowest BCUT2D eigenvalue weighted by Crippen LogP contribution is -2.61. The molecule has 0 saturated carbocycles. The number of nitrogens with zero attached hydrogens (tertiary/aromatic N) is 3. The zero-order chi connectivity index (χ0) is 14.0. The van der Waals surface area contributed by atoms with Gasteiger partial charge < -0.3 is 5.32 Å². The highest BCUT2D eigenvalue weighted by molar-refractivity contribution is 6.29. The van der Waals surface area contributed by atoms with Gasteiger partial charge in [-0.25, -0.2) is 4.98 Å². The van der Waals surface area contributed by atoms with Gasteiger partial charge in [0.1, 0.15) is 10.8 Å². The quantitative estimate of drug-likeness (QED) is 0.907. The molecule has 0 radical (unpaired) electrons. The van der Waals surface area contributed by atoms with Crippen molar-refractivity contribution in [2.75, 3.05) is 19.6 Å².